The number of rotatable bonds is 3. The van der Waals surface area contributed by atoms with Crippen molar-refractivity contribution in [2.75, 3.05) is 18.6 Å². The quantitative estimate of drug-likeness (QED) is 0.636. The molecule has 0 aliphatic heterocycles. The summed E-state index contributed by atoms with van der Waals surface area (Å²) in [6.07, 6.45) is 1.88. The summed E-state index contributed by atoms with van der Waals surface area (Å²) in [4.78, 5) is 11.8. The first kappa shape index (κ1) is 11.8. The maximum atomic E-state index is 11.8. The number of nitrogens with zero attached hydrogens (tertiary/aromatic N) is 4. The lowest BCUT2D eigenvalue weighted by atomic mass is 10.3. The minimum absolute atomic E-state index is 0.159. The first-order valence-corrected chi connectivity index (χ1v) is 6.25. The molecular weight excluding hydrogens is 242 g/mol. The third-order valence-electron chi connectivity index (χ3n) is 2.27. The van der Waals surface area contributed by atoms with Crippen LogP contribution in [0.25, 0.3) is 5.65 Å². The molecule has 2 aromatic rings. The number of hydrogen-bond donors (Lipinski definition) is 1. The molecule has 0 spiro atoms. The Bertz CT molecular complexity index is 573. The molecule has 92 valence electrons. The van der Waals surface area contributed by atoms with Crippen LogP contribution in [-0.4, -0.2) is 38.2 Å². The lowest BCUT2D eigenvalue weighted by Gasteiger charge is -2.00. The average molecular weight is 255 g/mol. The van der Waals surface area contributed by atoms with Crippen molar-refractivity contribution >= 4 is 29.2 Å². The van der Waals surface area contributed by atoms with Crippen molar-refractivity contribution in [3.8, 4) is 0 Å². The number of aryl methyl sites for hydroxylation is 1. The minimum Gasteiger partial charge on any atom is -0.462 e. The molecule has 0 atom stereocenters. The molecule has 7 nitrogen and oxygen atoms in total. The summed E-state index contributed by atoms with van der Waals surface area (Å²) in [6.45, 7) is 2.04. The molecule has 0 aliphatic carbocycles. The fraction of sp³-hybridized carbons (Fsp3) is 0.444. The number of aromatic nitrogens is 4. The smallest absolute Gasteiger partial charge is 0.345 e. The molecule has 2 aromatic heterocycles. The van der Waals surface area contributed by atoms with Gasteiger partial charge in [0.05, 0.1) is 6.61 Å². The normalized spacial score (nSPS) is 11.0. The van der Waals surface area contributed by atoms with E-state index >= 15 is 0 Å². The molecule has 0 saturated carbocycles. The van der Waals surface area contributed by atoms with Gasteiger partial charge in [-0.1, -0.05) is 11.8 Å². The number of carbonyl (C=O) groups excluding carboxylic acids is 1. The van der Waals surface area contributed by atoms with E-state index in [0.717, 1.165) is 0 Å². The summed E-state index contributed by atoms with van der Waals surface area (Å²) < 4.78 is 8.07. The Morgan fingerprint density at radius 3 is 2.82 bits per heavy atom. The van der Waals surface area contributed by atoms with Crippen LogP contribution in [0.3, 0.4) is 0 Å². The highest BCUT2D eigenvalue weighted by atomic mass is 32.2. The summed E-state index contributed by atoms with van der Waals surface area (Å²) in [7, 11) is 1.74. The number of anilines is 1. The fourth-order valence-corrected chi connectivity index (χ4v) is 2.11. The van der Waals surface area contributed by atoms with Gasteiger partial charge in [0.2, 0.25) is 5.16 Å². The summed E-state index contributed by atoms with van der Waals surface area (Å²) in [5, 5.41) is 9.00. The molecular formula is C9H13N5O2S. The van der Waals surface area contributed by atoms with Gasteiger partial charge in [-0.15, -0.1) is 10.2 Å². The predicted molar refractivity (Wildman–Crippen MR) is 64.1 cm³/mol. The molecule has 8 heteroatoms. The van der Waals surface area contributed by atoms with Crippen molar-refractivity contribution in [2.45, 2.75) is 12.1 Å². The number of thioether (sulfide) groups is 1. The van der Waals surface area contributed by atoms with Gasteiger partial charge in [-0.05, 0) is 13.2 Å². The van der Waals surface area contributed by atoms with E-state index in [2.05, 4.69) is 10.2 Å². The summed E-state index contributed by atoms with van der Waals surface area (Å²) in [5.41, 5.74) is 6.55. The number of ether oxygens (including phenoxy) is 1. The average Bonchev–Trinajstić information content (AvgIpc) is 2.76. The van der Waals surface area contributed by atoms with Crippen molar-refractivity contribution in [1.82, 2.24) is 19.4 Å². The van der Waals surface area contributed by atoms with Gasteiger partial charge in [0.1, 0.15) is 5.56 Å². The van der Waals surface area contributed by atoms with Crippen LogP contribution >= 0.6 is 11.8 Å². The molecule has 0 bridgehead atoms. The highest BCUT2D eigenvalue weighted by Crippen LogP contribution is 2.23. The van der Waals surface area contributed by atoms with Gasteiger partial charge in [-0.2, -0.15) is 4.52 Å². The molecule has 0 amide bonds. The Morgan fingerprint density at radius 2 is 2.24 bits per heavy atom. The number of esters is 1. The SMILES string of the molecule is CCOC(=O)c1c(N)nn2c(SC)nn(C)c12. The molecule has 0 aliphatic rings. The minimum atomic E-state index is -0.476. The van der Waals surface area contributed by atoms with E-state index in [9.17, 15) is 4.79 Å². The highest BCUT2D eigenvalue weighted by Gasteiger charge is 2.24. The number of hydrogen-bond acceptors (Lipinski definition) is 6. The van der Waals surface area contributed by atoms with E-state index in [1.165, 1.54) is 11.8 Å². The molecule has 2 rings (SSSR count). The number of fused-ring (bicyclic) bond motifs is 1. The van der Waals surface area contributed by atoms with Crippen molar-refractivity contribution < 1.29 is 9.53 Å². The van der Waals surface area contributed by atoms with E-state index in [0.29, 0.717) is 17.4 Å². The van der Waals surface area contributed by atoms with Crippen molar-refractivity contribution in [1.29, 1.82) is 0 Å². The van der Waals surface area contributed by atoms with E-state index in [4.69, 9.17) is 10.5 Å². The van der Waals surface area contributed by atoms with E-state index in [-0.39, 0.29) is 11.4 Å². The Kier molecular flexibility index (Phi) is 2.97. The van der Waals surface area contributed by atoms with Crippen molar-refractivity contribution in [3.63, 3.8) is 0 Å². The molecule has 0 fully saturated rings. The van der Waals surface area contributed by atoms with Gasteiger partial charge in [0.25, 0.3) is 0 Å². The van der Waals surface area contributed by atoms with Crippen LogP contribution in [0, 0.1) is 0 Å². The zero-order valence-corrected chi connectivity index (χ0v) is 10.6. The number of carbonyl (C=O) groups is 1. The van der Waals surface area contributed by atoms with Crippen LogP contribution in [0.2, 0.25) is 0 Å². The Labute approximate surface area is 102 Å². The third-order valence-corrected chi connectivity index (χ3v) is 2.89. The molecule has 0 saturated heterocycles. The second-order valence-corrected chi connectivity index (χ2v) is 4.10. The van der Waals surface area contributed by atoms with Gasteiger partial charge in [-0.25, -0.2) is 9.48 Å². The van der Waals surface area contributed by atoms with Crippen molar-refractivity contribution in [2.24, 2.45) is 7.05 Å². The second kappa shape index (κ2) is 4.28. The van der Waals surface area contributed by atoms with Gasteiger partial charge in [0.15, 0.2) is 11.5 Å². The zero-order chi connectivity index (χ0) is 12.6. The van der Waals surface area contributed by atoms with Gasteiger partial charge < -0.3 is 10.5 Å². The molecule has 0 radical (unpaired) electrons. The standard InChI is InChI=1S/C9H13N5O2S/c1-4-16-8(15)5-6(10)11-14-7(5)13(2)12-9(14)17-3/h4H2,1-3H3,(H2,10,11). The topological polar surface area (TPSA) is 87.4 Å². The number of nitrogens with two attached hydrogens (primary N) is 1. The maximum absolute atomic E-state index is 11.8. The first-order valence-electron chi connectivity index (χ1n) is 5.02. The predicted octanol–water partition coefficient (Wildman–Crippen LogP) is 0.549. The molecule has 0 unspecified atom stereocenters. The first-order chi connectivity index (χ1) is 8.10. The molecule has 2 heterocycles. The Hall–Kier alpha value is -1.70. The van der Waals surface area contributed by atoms with E-state index < -0.39 is 5.97 Å². The largest absolute Gasteiger partial charge is 0.462 e. The maximum Gasteiger partial charge on any atom is 0.345 e. The second-order valence-electron chi connectivity index (χ2n) is 3.33. The van der Waals surface area contributed by atoms with Crippen molar-refractivity contribution in [3.05, 3.63) is 5.56 Å². The summed E-state index contributed by atoms with van der Waals surface area (Å²) in [6, 6.07) is 0. The lowest BCUT2D eigenvalue weighted by molar-refractivity contribution is 0.0529. The van der Waals surface area contributed by atoms with Gasteiger partial charge in [0, 0.05) is 7.05 Å². The van der Waals surface area contributed by atoms with Gasteiger partial charge >= 0.3 is 5.97 Å². The van der Waals surface area contributed by atoms with E-state index in [1.54, 1.807) is 23.2 Å². The van der Waals surface area contributed by atoms with Crippen LogP contribution in [0.15, 0.2) is 5.16 Å². The Morgan fingerprint density at radius 1 is 1.53 bits per heavy atom. The monoisotopic (exact) mass is 255 g/mol. The fourth-order valence-electron chi connectivity index (χ4n) is 1.60. The summed E-state index contributed by atoms with van der Waals surface area (Å²) in [5.74, 6) is -0.317. The van der Waals surface area contributed by atoms with Crippen LogP contribution in [0.5, 0.6) is 0 Å². The van der Waals surface area contributed by atoms with Crippen LogP contribution in [0.4, 0.5) is 5.82 Å². The molecule has 17 heavy (non-hydrogen) atoms. The zero-order valence-electron chi connectivity index (χ0n) is 9.80. The lowest BCUT2D eigenvalue weighted by Crippen LogP contribution is -2.08. The summed E-state index contributed by atoms with van der Waals surface area (Å²) >= 11 is 1.43. The number of nitrogen functional groups attached to an aromatic ring is 1. The third kappa shape index (κ3) is 1.74. The molecule has 0 aromatic carbocycles. The van der Waals surface area contributed by atoms with Gasteiger partial charge in [-0.3, -0.25) is 0 Å². The van der Waals surface area contributed by atoms with Crippen LogP contribution in [0.1, 0.15) is 17.3 Å². The Balaban J connectivity index is 2.66. The molecule has 2 N–H and O–H groups in total. The van der Waals surface area contributed by atoms with Crippen LogP contribution in [-0.2, 0) is 11.8 Å². The van der Waals surface area contributed by atoms with Crippen LogP contribution < -0.4 is 5.73 Å². The highest BCUT2D eigenvalue weighted by molar-refractivity contribution is 7.98. The van der Waals surface area contributed by atoms with E-state index in [1.807, 2.05) is 6.26 Å².